The number of fused-ring (bicyclic) bond motifs is 1. The summed E-state index contributed by atoms with van der Waals surface area (Å²) in [5, 5.41) is 0. The Morgan fingerprint density at radius 2 is 1.82 bits per heavy atom. The van der Waals surface area contributed by atoms with E-state index in [9.17, 15) is 18.0 Å². The lowest BCUT2D eigenvalue weighted by atomic mass is 10.0. The van der Waals surface area contributed by atoms with Crippen molar-refractivity contribution in [2.24, 2.45) is 5.92 Å². The molecule has 0 aliphatic carbocycles. The largest absolute Gasteiger partial charge is 0.340 e. The van der Waals surface area contributed by atoms with Crippen molar-refractivity contribution < 1.29 is 18.0 Å². The average Bonchev–Trinajstić information content (AvgIpc) is 3.21. The maximum atomic E-state index is 13.2. The third-order valence-electron chi connectivity index (χ3n) is 5.80. The monoisotopic (exact) mass is 471 g/mol. The molecule has 1 atom stereocenters. The number of anilines is 1. The van der Waals surface area contributed by atoms with Gasteiger partial charge in [0, 0.05) is 32.2 Å². The first-order valence-corrected chi connectivity index (χ1v) is 12.8. The molecular weight excluding hydrogens is 438 g/mol. The molecule has 0 saturated carbocycles. The number of sulfonamides is 1. The molecule has 2 aromatic rings. The molecule has 0 aromatic heterocycles. The van der Waals surface area contributed by atoms with Crippen molar-refractivity contribution in [3.63, 3.8) is 0 Å². The molecular formula is C25H33N3O4S. The van der Waals surface area contributed by atoms with Crippen molar-refractivity contribution in [1.29, 1.82) is 0 Å². The zero-order chi connectivity index (χ0) is 24.2. The highest BCUT2D eigenvalue weighted by Gasteiger charge is 2.30. The molecule has 0 spiro atoms. The van der Waals surface area contributed by atoms with Crippen LogP contribution in [0.2, 0.25) is 0 Å². The maximum absolute atomic E-state index is 13.2. The Hall–Kier alpha value is -2.71. The molecule has 1 aliphatic rings. The van der Waals surface area contributed by atoms with Gasteiger partial charge in [-0.15, -0.1) is 0 Å². The Labute approximate surface area is 196 Å². The number of nitrogens with zero attached hydrogens (tertiary/aromatic N) is 2. The minimum absolute atomic E-state index is 0.0199. The fourth-order valence-corrected chi connectivity index (χ4v) is 5.37. The number of hydrogen-bond acceptors (Lipinski definition) is 4. The predicted octanol–water partition coefficient (Wildman–Crippen LogP) is 3.34. The molecule has 178 valence electrons. The molecule has 0 unspecified atom stereocenters. The van der Waals surface area contributed by atoms with E-state index in [4.69, 9.17) is 0 Å². The number of rotatable bonds is 9. The first kappa shape index (κ1) is 24.9. The van der Waals surface area contributed by atoms with E-state index in [1.165, 1.54) is 6.07 Å². The lowest BCUT2D eigenvalue weighted by Crippen LogP contribution is -2.47. The van der Waals surface area contributed by atoms with E-state index >= 15 is 0 Å². The van der Waals surface area contributed by atoms with Crippen LogP contribution in [-0.2, 0) is 32.6 Å². The zero-order valence-corrected chi connectivity index (χ0v) is 20.6. The third-order valence-corrected chi connectivity index (χ3v) is 7.27. The second kappa shape index (κ2) is 10.5. The van der Waals surface area contributed by atoms with Crippen LogP contribution >= 0.6 is 0 Å². The van der Waals surface area contributed by atoms with E-state index in [0.717, 1.165) is 16.8 Å². The molecule has 2 aromatic carbocycles. The van der Waals surface area contributed by atoms with E-state index in [0.29, 0.717) is 32.4 Å². The molecule has 0 bridgehead atoms. The predicted molar refractivity (Wildman–Crippen MR) is 129 cm³/mol. The van der Waals surface area contributed by atoms with Crippen LogP contribution in [0.4, 0.5) is 5.69 Å². The molecule has 2 amide bonds. The number of likely N-dealkylation sites (N-methyl/N-ethyl adjacent to an activating group) is 1. The standard InChI is InChI=1S/C25H33N3O4S/c1-5-24(29)28-14-13-20-16-21(11-12-23(20)28)33(31,32)26-22(15-18(2)3)25(30)27(4)17-19-9-7-6-8-10-19/h6-12,16,18,22,26H,5,13-15,17H2,1-4H3/t22-/m1/s1. The van der Waals surface area contributed by atoms with Crippen LogP contribution in [0.15, 0.2) is 53.4 Å². The Morgan fingerprint density at radius 1 is 1.12 bits per heavy atom. The lowest BCUT2D eigenvalue weighted by molar-refractivity contribution is -0.132. The van der Waals surface area contributed by atoms with Crippen LogP contribution in [0, 0.1) is 5.92 Å². The maximum Gasteiger partial charge on any atom is 0.241 e. The fourth-order valence-electron chi connectivity index (χ4n) is 4.12. The van der Waals surface area contributed by atoms with Gasteiger partial charge in [0.05, 0.1) is 4.90 Å². The molecule has 7 nitrogen and oxygen atoms in total. The van der Waals surface area contributed by atoms with Crippen LogP contribution in [0.25, 0.3) is 0 Å². The Balaban J connectivity index is 1.79. The quantitative estimate of drug-likeness (QED) is 0.608. The average molecular weight is 472 g/mol. The van der Waals surface area contributed by atoms with Crippen molar-refractivity contribution >= 4 is 27.5 Å². The number of carbonyl (C=O) groups excluding carboxylic acids is 2. The van der Waals surface area contributed by atoms with Crippen LogP contribution in [0.5, 0.6) is 0 Å². The Kier molecular flexibility index (Phi) is 7.92. The third kappa shape index (κ3) is 6.00. The summed E-state index contributed by atoms with van der Waals surface area (Å²) in [7, 11) is -2.24. The molecule has 1 aliphatic heterocycles. The fraction of sp³-hybridized carbons (Fsp3) is 0.440. The molecule has 1 heterocycles. The van der Waals surface area contributed by atoms with Crippen LogP contribution in [0.3, 0.4) is 0 Å². The molecule has 0 fully saturated rings. The lowest BCUT2D eigenvalue weighted by Gasteiger charge is -2.26. The number of hydrogen-bond donors (Lipinski definition) is 1. The van der Waals surface area contributed by atoms with Gasteiger partial charge in [0.15, 0.2) is 0 Å². The molecule has 0 radical (unpaired) electrons. The molecule has 3 rings (SSSR count). The zero-order valence-electron chi connectivity index (χ0n) is 19.7. The van der Waals surface area contributed by atoms with Gasteiger partial charge in [-0.25, -0.2) is 8.42 Å². The van der Waals surface area contributed by atoms with Crippen molar-refractivity contribution in [2.45, 2.75) is 57.5 Å². The highest BCUT2D eigenvalue weighted by Crippen LogP contribution is 2.31. The van der Waals surface area contributed by atoms with Crippen LogP contribution in [0.1, 0.15) is 44.7 Å². The smallest absolute Gasteiger partial charge is 0.241 e. The van der Waals surface area contributed by atoms with E-state index in [1.807, 2.05) is 51.1 Å². The summed E-state index contributed by atoms with van der Waals surface area (Å²) in [6, 6.07) is 13.5. The number of benzene rings is 2. The molecule has 33 heavy (non-hydrogen) atoms. The number of nitrogens with one attached hydrogen (secondary N) is 1. The summed E-state index contributed by atoms with van der Waals surface area (Å²) in [4.78, 5) is 28.7. The van der Waals surface area contributed by atoms with Crippen LogP contribution in [-0.4, -0.2) is 44.8 Å². The highest BCUT2D eigenvalue weighted by atomic mass is 32.2. The summed E-state index contributed by atoms with van der Waals surface area (Å²) in [6.07, 6.45) is 1.40. The molecule has 0 saturated heterocycles. The summed E-state index contributed by atoms with van der Waals surface area (Å²) in [5.74, 6) is -0.121. The molecule has 1 N–H and O–H groups in total. The normalized spacial score (nSPS) is 14.3. The van der Waals surface area contributed by atoms with Gasteiger partial charge in [0.1, 0.15) is 6.04 Å². The van der Waals surface area contributed by atoms with E-state index in [-0.39, 0.29) is 22.6 Å². The highest BCUT2D eigenvalue weighted by molar-refractivity contribution is 7.89. The van der Waals surface area contributed by atoms with Gasteiger partial charge in [-0.1, -0.05) is 51.1 Å². The second-order valence-corrected chi connectivity index (χ2v) is 10.6. The molecule has 8 heteroatoms. The first-order valence-electron chi connectivity index (χ1n) is 11.4. The Morgan fingerprint density at radius 3 is 2.45 bits per heavy atom. The summed E-state index contributed by atoms with van der Waals surface area (Å²) in [5.41, 5.74) is 2.56. The van der Waals surface area contributed by atoms with Crippen molar-refractivity contribution in [2.75, 3.05) is 18.5 Å². The van der Waals surface area contributed by atoms with Crippen molar-refractivity contribution in [3.8, 4) is 0 Å². The van der Waals surface area contributed by atoms with Gasteiger partial charge < -0.3 is 9.80 Å². The van der Waals surface area contributed by atoms with Gasteiger partial charge in [-0.3, -0.25) is 9.59 Å². The Bertz CT molecular complexity index is 1100. The minimum atomic E-state index is -3.92. The van der Waals surface area contributed by atoms with E-state index < -0.39 is 16.1 Å². The van der Waals surface area contributed by atoms with Gasteiger partial charge in [0.2, 0.25) is 21.8 Å². The van der Waals surface area contributed by atoms with E-state index in [1.54, 1.807) is 29.0 Å². The van der Waals surface area contributed by atoms with Gasteiger partial charge in [-0.2, -0.15) is 4.72 Å². The second-order valence-electron chi connectivity index (χ2n) is 8.92. The topological polar surface area (TPSA) is 86.8 Å². The van der Waals surface area contributed by atoms with Crippen molar-refractivity contribution in [1.82, 2.24) is 9.62 Å². The summed E-state index contributed by atoms with van der Waals surface area (Å²) >= 11 is 0. The summed E-state index contributed by atoms with van der Waals surface area (Å²) in [6.45, 7) is 6.68. The van der Waals surface area contributed by atoms with Gasteiger partial charge in [0.25, 0.3) is 0 Å². The van der Waals surface area contributed by atoms with Crippen LogP contribution < -0.4 is 9.62 Å². The summed E-state index contributed by atoms with van der Waals surface area (Å²) < 4.78 is 29.1. The first-order chi connectivity index (χ1) is 15.6. The van der Waals surface area contributed by atoms with Gasteiger partial charge in [-0.05, 0) is 48.1 Å². The van der Waals surface area contributed by atoms with Crippen molar-refractivity contribution in [3.05, 3.63) is 59.7 Å². The van der Waals surface area contributed by atoms with E-state index in [2.05, 4.69) is 4.72 Å². The van der Waals surface area contributed by atoms with Gasteiger partial charge >= 0.3 is 0 Å². The SMILES string of the molecule is CCC(=O)N1CCc2cc(S(=O)(=O)N[C@H](CC(C)C)C(=O)N(C)Cc3ccccc3)ccc21. The minimum Gasteiger partial charge on any atom is -0.340 e. The number of amides is 2. The number of carbonyl (C=O) groups is 2.